The first-order chi connectivity index (χ1) is 10.1. The van der Waals surface area contributed by atoms with Crippen LogP contribution in [-0.2, 0) is 12.5 Å². The average molecular weight is 345 g/mol. The van der Waals surface area contributed by atoms with Gasteiger partial charge in [-0.1, -0.05) is 22.9 Å². The van der Waals surface area contributed by atoms with Gasteiger partial charge in [-0.25, -0.2) is 0 Å². The lowest BCUT2D eigenvalue weighted by molar-refractivity contribution is 0.185. The summed E-state index contributed by atoms with van der Waals surface area (Å²) < 4.78 is 3.19. The van der Waals surface area contributed by atoms with Crippen molar-refractivity contribution in [3.05, 3.63) is 46.6 Å². The molecule has 4 rings (SSSR count). The van der Waals surface area contributed by atoms with Crippen LogP contribution in [0.4, 0.5) is 0 Å². The number of nitrogens with one attached hydrogen (secondary N) is 1. The molecule has 1 N–H and O–H groups in total. The van der Waals surface area contributed by atoms with Crippen LogP contribution < -0.4 is 0 Å². The van der Waals surface area contributed by atoms with E-state index in [0.717, 1.165) is 29.1 Å². The Morgan fingerprint density at radius 1 is 1.38 bits per heavy atom. The van der Waals surface area contributed by atoms with Gasteiger partial charge in [-0.2, -0.15) is 0 Å². The highest BCUT2D eigenvalue weighted by molar-refractivity contribution is 9.10. The van der Waals surface area contributed by atoms with Crippen LogP contribution in [0.25, 0.3) is 10.9 Å². The predicted molar refractivity (Wildman–Crippen MR) is 86.2 cm³/mol. The molecule has 0 radical (unpaired) electrons. The van der Waals surface area contributed by atoms with Crippen molar-refractivity contribution in [1.82, 2.24) is 19.7 Å². The Hall–Kier alpha value is -1.62. The summed E-state index contributed by atoms with van der Waals surface area (Å²) in [4.78, 5) is 3.32. The highest BCUT2D eigenvalue weighted by Gasteiger charge is 2.48. The van der Waals surface area contributed by atoms with Crippen LogP contribution in [0.5, 0.6) is 0 Å². The molecule has 5 heteroatoms. The lowest BCUT2D eigenvalue weighted by Crippen LogP contribution is -2.43. The van der Waals surface area contributed by atoms with Crippen molar-refractivity contribution in [2.24, 2.45) is 13.0 Å². The Morgan fingerprint density at radius 3 is 2.86 bits per heavy atom. The number of aryl methyl sites for hydroxylation is 1. The number of halogens is 1. The fourth-order valence-electron chi connectivity index (χ4n) is 3.79. The topological polar surface area (TPSA) is 46.5 Å². The number of nitrogens with zero attached hydrogens (tertiary/aromatic N) is 3. The molecular weight excluding hydrogens is 328 g/mol. The minimum atomic E-state index is -0.00745. The number of hydrogen-bond acceptors (Lipinski definition) is 2. The van der Waals surface area contributed by atoms with Gasteiger partial charge in [0.1, 0.15) is 12.2 Å². The molecule has 0 atom stereocenters. The zero-order chi connectivity index (χ0) is 14.6. The molecule has 1 aliphatic carbocycles. The van der Waals surface area contributed by atoms with Gasteiger partial charge in [0, 0.05) is 28.6 Å². The normalized spacial score (nSPS) is 25.2. The molecule has 21 heavy (non-hydrogen) atoms. The maximum atomic E-state index is 4.41. The van der Waals surface area contributed by atoms with E-state index in [4.69, 9.17) is 0 Å². The minimum Gasteiger partial charge on any atom is -0.361 e. The van der Waals surface area contributed by atoms with Gasteiger partial charge in [0.15, 0.2) is 0 Å². The number of fused-ring (bicyclic) bond motifs is 1. The molecule has 0 amide bonds. The summed E-state index contributed by atoms with van der Waals surface area (Å²) in [5.41, 5.74) is 2.48. The summed E-state index contributed by atoms with van der Waals surface area (Å²) in [5, 5.41) is 9.72. The number of aromatic amines is 1. The molecule has 0 unspecified atom stereocenters. The van der Waals surface area contributed by atoms with Crippen molar-refractivity contribution in [3.8, 4) is 0 Å². The van der Waals surface area contributed by atoms with Gasteiger partial charge in [-0.15, -0.1) is 10.2 Å². The Kier molecular flexibility index (Phi) is 2.76. The number of rotatable bonds is 2. The van der Waals surface area contributed by atoms with Gasteiger partial charge in [0.05, 0.1) is 5.41 Å². The third kappa shape index (κ3) is 1.80. The zero-order valence-corrected chi connectivity index (χ0v) is 13.7. The second kappa shape index (κ2) is 4.44. The Morgan fingerprint density at radius 2 is 2.19 bits per heavy atom. The van der Waals surface area contributed by atoms with Crippen molar-refractivity contribution in [3.63, 3.8) is 0 Å². The molecule has 2 aromatic heterocycles. The van der Waals surface area contributed by atoms with Gasteiger partial charge < -0.3 is 9.55 Å². The largest absolute Gasteiger partial charge is 0.361 e. The molecule has 2 heterocycles. The molecule has 1 fully saturated rings. The van der Waals surface area contributed by atoms with Crippen LogP contribution in [-0.4, -0.2) is 19.7 Å². The molecule has 108 valence electrons. The molecule has 4 nitrogen and oxygen atoms in total. The van der Waals surface area contributed by atoms with Gasteiger partial charge in [0.25, 0.3) is 0 Å². The van der Waals surface area contributed by atoms with Crippen molar-refractivity contribution >= 4 is 26.8 Å². The number of benzene rings is 1. The maximum Gasteiger partial charge on any atom is 0.143 e. The van der Waals surface area contributed by atoms with Gasteiger partial charge in [0.2, 0.25) is 0 Å². The standard InChI is InChI=1S/C16H17BrN4/c1-10-7-16(8-10,15-20-19-9-21(15)2)11-5-13(17)12-3-4-18-14(12)6-11/h3-6,9-10,18H,7-8H2,1-2H3. The van der Waals surface area contributed by atoms with E-state index in [-0.39, 0.29) is 5.41 Å². The highest BCUT2D eigenvalue weighted by Crippen LogP contribution is 2.52. The maximum absolute atomic E-state index is 4.41. The lowest BCUT2D eigenvalue weighted by Gasteiger charge is -2.46. The van der Waals surface area contributed by atoms with E-state index in [0.29, 0.717) is 0 Å². The monoisotopic (exact) mass is 344 g/mol. The molecule has 0 bridgehead atoms. The fraction of sp³-hybridized carbons (Fsp3) is 0.375. The van der Waals surface area contributed by atoms with Crippen LogP contribution in [0.2, 0.25) is 0 Å². The summed E-state index contributed by atoms with van der Waals surface area (Å²) in [6, 6.07) is 6.61. The van der Waals surface area contributed by atoms with Crippen LogP contribution in [0.3, 0.4) is 0 Å². The van der Waals surface area contributed by atoms with Crippen LogP contribution in [0.15, 0.2) is 35.2 Å². The van der Waals surface area contributed by atoms with Gasteiger partial charge >= 0.3 is 0 Å². The van der Waals surface area contributed by atoms with Gasteiger partial charge in [-0.3, -0.25) is 0 Å². The molecule has 0 spiro atoms. The van der Waals surface area contributed by atoms with E-state index in [9.17, 15) is 0 Å². The number of hydrogen-bond donors (Lipinski definition) is 1. The molecule has 1 aliphatic rings. The first-order valence-electron chi connectivity index (χ1n) is 7.22. The second-order valence-corrected chi connectivity index (χ2v) is 7.11. The quantitative estimate of drug-likeness (QED) is 0.768. The van der Waals surface area contributed by atoms with Crippen molar-refractivity contribution in [1.29, 1.82) is 0 Å². The van der Waals surface area contributed by atoms with Crippen molar-refractivity contribution < 1.29 is 0 Å². The first-order valence-corrected chi connectivity index (χ1v) is 8.01. The Bertz CT molecular complexity index is 811. The molecule has 1 saturated carbocycles. The number of aromatic nitrogens is 4. The third-order valence-corrected chi connectivity index (χ3v) is 5.36. The minimum absolute atomic E-state index is 0.00745. The zero-order valence-electron chi connectivity index (χ0n) is 12.1. The molecular formula is C16H17BrN4. The fourth-order valence-corrected chi connectivity index (χ4v) is 4.38. The summed E-state index contributed by atoms with van der Waals surface area (Å²) in [5.74, 6) is 1.79. The SMILES string of the molecule is CC1CC(c2cc(Br)c3cc[nH]c3c2)(c2nncn2C)C1. The molecule has 3 aromatic rings. The van der Waals surface area contributed by atoms with Crippen molar-refractivity contribution in [2.75, 3.05) is 0 Å². The summed E-state index contributed by atoms with van der Waals surface area (Å²) in [6.07, 6.45) is 6.02. The smallest absolute Gasteiger partial charge is 0.143 e. The molecule has 0 aliphatic heterocycles. The van der Waals surface area contributed by atoms with E-state index in [2.05, 4.69) is 60.8 Å². The molecule has 1 aromatic carbocycles. The van der Waals surface area contributed by atoms with Crippen LogP contribution >= 0.6 is 15.9 Å². The van der Waals surface area contributed by atoms with Crippen molar-refractivity contribution in [2.45, 2.75) is 25.2 Å². The Balaban J connectivity index is 1.93. The van der Waals surface area contributed by atoms with Crippen LogP contribution in [0.1, 0.15) is 31.2 Å². The van der Waals surface area contributed by atoms with E-state index < -0.39 is 0 Å². The average Bonchev–Trinajstić information content (AvgIpc) is 3.03. The first kappa shape index (κ1) is 13.1. The highest BCUT2D eigenvalue weighted by atomic mass is 79.9. The van der Waals surface area contributed by atoms with E-state index in [1.807, 2.05) is 13.2 Å². The lowest BCUT2D eigenvalue weighted by atomic mass is 9.58. The van der Waals surface area contributed by atoms with Gasteiger partial charge in [-0.05, 0) is 42.5 Å². The van der Waals surface area contributed by atoms with E-state index >= 15 is 0 Å². The summed E-state index contributed by atoms with van der Waals surface area (Å²) in [7, 11) is 2.03. The Labute approximate surface area is 131 Å². The summed E-state index contributed by atoms with van der Waals surface area (Å²) in [6.45, 7) is 2.30. The van der Waals surface area contributed by atoms with E-state index in [1.165, 1.54) is 16.5 Å². The second-order valence-electron chi connectivity index (χ2n) is 6.26. The number of H-pyrrole nitrogens is 1. The van der Waals surface area contributed by atoms with E-state index in [1.54, 1.807) is 6.33 Å². The molecule has 0 saturated heterocycles. The summed E-state index contributed by atoms with van der Waals surface area (Å²) >= 11 is 3.71. The van der Waals surface area contributed by atoms with Crippen LogP contribution in [0, 0.1) is 5.92 Å². The predicted octanol–water partition coefficient (Wildman–Crippen LogP) is 3.77. The third-order valence-electron chi connectivity index (χ3n) is 4.70.